The van der Waals surface area contributed by atoms with Crippen LogP contribution >= 0.6 is 11.6 Å². The van der Waals surface area contributed by atoms with Crippen LogP contribution in [-0.2, 0) is 14.8 Å². The van der Waals surface area contributed by atoms with E-state index >= 15 is 0 Å². The second-order valence-corrected chi connectivity index (χ2v) is 10.8. The first-order chi connectivity index (χ1) is 16.7. The van der Waals surface area contributed by atoms with E-state index in [9.17, 15) is 13.2 Å². The first-order valence-electron chi connectivity index (χ1n) is 11.2. The molecule has 35 heavy (non-hydrogen) atoms. The van der Waals surface area contributed by atoms with Crippen molar-refractivity contribution in [3.8, 4) is 0 Å². The number of piperidine rings is 1. The summed E-state index contributed by atoms with van der Waals surface area (Å²) in [6, 6.07) is 5.58. The predicted molar refractivity (Wildman–Crippen MR) is 140 cm³/mol. The van der Waals surface area contributed by atoms with Gasteiger partial charge in [-0.15, -0.1) is 0 Å². The molecular weight excluding hydrogens is 488 g/mol. The Bertz CT molecular complexity index is 1310. The van der Waals surface area contributed by atoms with Crippen molar-refractivity contribution in [2.45, 2.75) is 25.3 Å². The van der Waals surface area contributed by atoms with Gasteiger partial charge in [0.2, 0.25) is 21.9 Å². The summed E-state index contributed by atoms with van der Waals surface area (Å²) in [7, 11) is -3.26. The van der Waals surface area contributed by atoms with Crippen LogP contribution in [-0.4, -0.2) is 54.0 Å². The van der Waals surface area contributed by atoms with Gasteiger partial charge in [0.05, 0.1) is 23.8 Å². The lowest BCUT2D eigenvalue weighted by molar-refractivity contribution is -0.111. The van der Waals surface area contributed by atoms with Crippen LogP contribution in [0.4, 0.5) is 23.1 Å². The second-order valence-electron chi connectivity index (χ2n) is 8.40. The molecule has 1 amide bonds. The standard InChI is InChI=1S/C24H27ClN6O3S/c1-3-22(32)28-21-13-17(16-7-4-5-8-16)10-11-20(21)29-23-19(25)14-26-24(30-23)27-18-9-6-12-31(15-18)35(2,33)34/h3-5,7,10-11,13-14,18H,1,6,8-9,12,15H2,2H3,(H,28,32)(H2,26,27,29,30)/t18-/m0/s1. The Hall–Kier alpha value is -3.21. The van der Waals surface area contributed by atoms with E-state index in [-0.39, 0.29) is 11.9 Å². The fourth-order valence-corrected chi connectivity index (χ4v) is 5.05. The third-order valence-electron chi connectivity index (χ3n) is 5.79. The molecule has 3 N–H and O–H groups in total. The summed E-state index contributed by atoms with van der Waals surface area (Å²) in [5.74, 6) is 0.337. The van der Waals surface area contributed by atoms with Gasteiger partial charge in [-0.05, 0) is 48.6 Å². The van der Waals surface area contributed by atoms with Gasteiger partial charge in [-0.2, -0.15) is 4.98 Å². The van der Waals surface area contributed by atoms with Crippen LogP contribution in [0.15, 0.2) is 55.3 Å². The molecule has 1 aromatic carbocycles. The maximum Gasteiger partial charge on any atom is 0.247 e. The van der Waals surface area contributed by atoms with Gasteiger partial charge in [0.25, 0.3) is 0 Å². The van der Waals surface area contributed by atoms with E-state index in [1.165, 1.54) is 22.8 Å². The number of hydrogen-bond acceptors (Lipinski definition) is 7. The number of nitrogens with one attached hydrogen (secondary N) is 3. The van der Waals surface area contributed by atoms with E-state index in [0.29, 0.717) is 41.3 Å². The summed E-state index contributed by atoms with van der Waals surface area (Å²) in [5, 5.41) is 9.53. The van der Waals surface area contributed by atoms with Gasteiger partial charge in [0, 0.05) is 19.1 Å². The van der Waals surface area contributed by atoms with Crippen molar-refractivity contribution in [2.75, 3.05) is 35.3 Å². The maximum atomic E-state index is 12.1. The Morgan fingerprint density at radius 1 is 1.31 bits per heavy atom. The summed E-state index contributed by atoms with van der Waals surface area (Å²) in [5.41, 5.74) is 3.29. The molecule has 0 spiro atoms. The number of nitrogens with zero attached hydrogens (tertiary/aromatic N) is 3. The molecule has 184 valence electrons. The molecule has 0 radical (unpaired) electrons. The SMILES string of the molecule is C=CC(=O)Nc1cc(C2=CC=CC2)ccc1Nc1nc(N[C@H]2CCCN(S(C)(=O)=O)C2)ncc1Cl. The van der Waals surface area contributed by atoms with Crippen molar-refractivity contribution < 1.29 is 13.2 Å². The third-order valence-corrected chi connectivity index (χ3v) is 7.33. The quantitative estimate of drug-likeness (QED) is 0.452. The molecule has 4 rings (SSSR count). The monoisotopic (exact) mass is 514 g/mol. The van der Waals surface area contributed by atoms with Gasteiger partial charge in [-0.1, -0.05) is 42.5 Å². The molecule has 9 nitrogen and oxygen atoms in total. The predicted octanol–water partition coefficient (Wildman–Crippen LogP) is 4.18. The highest BCUT2D eigenvalue weighted by molar-refractivity contribution is 7.88. The first kappa shape index (κ1) is 24.9. The zero-order valence-electron chi connectivity index (χ0n) is 19.3. The molecule has 0 bridgehead atoms. The van der Waals surface area contributed by atoms with Gasteiger partial charge in [0.1, 0.15) is 5.02 Å². The van der Waals surface area contributed by atoms with Crippen molar-refractivity contribution in [3.63, 3.8) is 0 Å². The van der Waals surface area contributed by atoms with Crippen molar-refractivity contribution in [1.29, 1.82) is 0 Å². The van der Waals surface area contributed by atoms with E-state index in [2.05, 4.69) is 38.6 Å². The van der Waals surface area contributed by atoms with Crippen LogP contribution in [0.3, 0.4) is 0 Å². The highest BCUT2D eigenvalue weighted by atomic mass is 35.5. The van der Waals surface area contributed by atoms with E-state index in [4.69, 9.17) is 11.6 Å². The molecule has 2 aliphatic rings. The first-order valence-corrected chi connectivity index (χ1v) is 13.4. The summed E-state index contributed by atoms with van der Waals surface area (Å²) < 4.78 is 25.3. The van der Waals surface area contributed by atoms with Crippen LogP contribution in [0.1, 0.15) is 24.8 Å². The molecule has 1 aliphatic heterocycles. The number of anilines is 4. The molecule has 1 aromatic heterocycles. The number of halogens is 1. The average Bonchev–Trinajstić information content (AvgIpc) is 3.37. The number of sulfonamides is 1. The van der Waals surface area contributed by atoms with E-state index in [0.717, 1.165) is 30.4 Å². The number of aromatic nitrogens is 2. The van der Waals surface area contributed by atoms with Crippen LogP contribution in [0.2, 0.25) is 5.02 Å². The van der Waals surface area contributed by atoms with Crippen LogP contribution in [0.5, 0.6) is 0 Å². The molecule has 0 unspecified atom stereocenters. The highest BCUT2D eigenvalue weighted by Crippen LogP contribution is 2.33. The molecule has 0 saturated carbocycles. The molecule has 1 atom stereocenters. The zero-order valence-corrected chi connectivity index (χ0v) is 20.9. The molecule has 1 aliphatic carbocycles. The lowest BCUT2D eigenvalue weighted by atomic mass is 10.0. The van der Waals surface area contributed by atoms with E-state index in [1.807, 2.05) is 30.4 Å². The van der Waals surface area contributed by atoms with Crippen molar-refractivity contribution in [3.05, 3.63) is 65.9 Å². The Labute approximate surface area is 210 Å². The van der Waals surface area contributed by atoms with Gasteiger partial charge in [-0.3, -0.25) is 4.79 Å². The third kappa shape index (κ3) is 6.27. The van der Waals surface area contributed by atoms with Crippen molar-refractivity contribution >= 4 is 56.2 Å². The Kier molecular flexibility index (Phi) is 7.54. The number of carbonyl (C=O) groups is 1. The fraction of sp³-hybridized carbons (Fsp3) is 0.292. The van der Waals surface area contributed by atoms with E-state index < -0.39 is 10.0 Å². The highest BCUT2D eigenvalue weighted by Gasteiger charge is 2.26. The minimum atomic E-state index is -3.26. The minimum Gasteiger partial charge on any atom is -0.350 e. The number of carbonyl (C=O) groups excluding carboxylic acids is 1. The Balaban J connectivity index is 1.56. The molecule has 2 aromatic rings. The molecule has 1 fully saturated rings. The Morgan fingerprint density at radius 3 is 2.86 bits per heavy atom. The van der Waals surface area contributed by atoms with Crippen LogP contribution in [0, 0.1) is 0 Å². The van der Waals surface area contributed by atoms with Gasteiger partial charge in [0.15, 0.2) is 5.82 Å². The average molecular weight is 515 g/mol. The number of hydrogen-bond donors (Lipinski definition) is 3. The van der Waals surface area contributed by atoms with Crippen LogP contribution in [0.25, 0.3) is 5.57 Å². The summed E-state index contributed by atoms with van der Waals surface area (Å²) >= 11 is 6.37. The summed E-state index contributed by atoms with van der Waals surface area (Å²) in [6.45, 7) is 4.38. The number of benzene rings is 1. The molecule has 1 saturated heterocycles. The molecule has 11 heteroatoms. The normalized spacial score (nSPS) is 18.1. The second kappa shape index (κ2) is 10.6. The molecular formula is C24H27ClN6O3S. The number of amides is 1. The Morgan fingerprint density at radius 2 is 2.14 bits per heavy atom. The van der Waals surface area contributed by atoms with Gasteiger partial charge < -0.3 is 16.0 Å². The smallest absolute Gasteiger partial charge is 0.247 e. The zero-order chi connectivity index (χ0) is 25.0. The van der Waals surface area contributed by atoms with Gasteiger partial charge >= 0.3 is 0 Å². The van der Waals surface area contributed by atoms with Crippen molar-refractivity contribution in [1.82, 2.24) is 14.3 Å². The fourth-order valence-electron chi connectivity index (χ4n) is 4.00. The summed E-state index contributed by atoms with van der Waals surface area (Å²) in [6.07, 6.45) is 12.4. The largest absolute Gasteiger partial charge is 0.350 e. The van der Waals surface area contributed by atoms with Crippen LogP contribution < -0.4 is 16.0 Å². The number of allylic oxidation sites excluding steroid dienone is 4. The lowest BCUT2D eigenvalue weighted by Crippen LogP contribution is -2.44. The minimum absolute atomic E-state index is 0.123. The number of rotatable bonds is 8. The van der Waals surface area contributed by atoms with Crippen molar-refractivity contribution in [2.24, 2.45) is 0 Å². The van der Waals surface area contributed by atoms with Gasteiger partial charge in [-0.25, -0.2) is 17.7 Å². The van der Waals surface area contributed by atoms with E-state index in [1.54, 1.807) is 0 Å². The summed E-state index contributed by atoms with van der Waals surface area (Å²) in [4.78, 5) is 20.8. The maximum absolute atomic E-state index is 12.1. The lowest BCUT2D eigenvalue weighted by Gasteiger charge is -2.31. The molecule has 2 heterocycles. The topological polar surface area (TPSA) is 116 Å².